The molecule has 3 heterocycles. The van der Waals surface area contributed by atoms with Crippen molar-refractivity contribution in [3.63, 3.8) is 0 Å². The molecular formula is C22H18ClN5O3. The van der Waals surface area contributed by atoms with Crippen molar-refractivity contribution >= 4 is 23.2 Å². The van der Waals surface area contributed by atoms with Crippen molar-refractivity contribution < 1.29 is 4.79 Å². The molecule has 1 N–H and O–H groups in total. The summed E-state index contributed by atoms with van der Waals surface area (Å²) in [5.41, 5.74) is 1.25. The van der Waals surface area contributed by atoms with Gasteiger partial charge in [0.1, 0.15) is 6.54 Å². The highest BCUT2D eigenvalue weighted by Gasteiger charge is 2.18. The van der Waals surface area contributed by atoms with Crippen LogP contribution >= 0.6 is 11.6 Å². The average molecular weight is 436 g/mol. The van der Waals surface area contributed by atoms with Crippen LogP contribution in [0, 0.1) is 6.92 Å². The Morgan fingerprint density at radius 1 is 1.16 bits per heavy atom. The summed E-state index contributed by atoms with van der Waals surface area (Å²) < 4.78 is 2.52. The number of halogens is 1. The van der Waals surface area contributed by atoms with Crippen LogP contribution in [0.15, 0.2) is 70.6 Å². The minimum atomic E-state index is -0.688. The summed E-state index contributed by atoms with van der Waals surface area (Å²) in [5.74, 6) is -0.191. The number of carbonyl (C=O) groups excluding carboxylic acids is 1. The second kappa shape index (κ2) is 8.53. The van der Waals surface area contributed by atoms with Crippen LogP contribution in [0.25, 0.3) is 11.4 Å². The first-order chi connectivity index (χ1) is 14.9. The Kier molecular flexibility index (Phi) is 5.64. The molecule has 4 rings (SSSR count). The summed E-state index contributed by atoms with van der Waals surface area (Å²) >= 11 is 6.10. The van der Waals surface area contributed by atoms with E-state index in [1.54, 1.807) is 61.1 Å². The SMILES string of the molecule is Cc1ccc(NC(=O)Cn2cccc3c(=O)n(Cc4cccnc4)c(=O)nc2-3)cc1Cl. The molecule has 31 heavy (non-hydrogen) atoms. The van der Waals surface area contributed by atoms with Crippen molar-refractivity contribution in [2.45, 2.75) is 20.0 Å². The molecule has 1 aromatic carbocycles. The second-order valence-electron chi connectivity index (χ2n) is 7.03. The summed E-state index contributed by atoms with van der Waals surface area (Å²) in [6, 6.07) is 11.9. The summed E-state index contributed by atoms with van der Waals surface area (Å²) in [7, 11) is 0. The molecule has 8 nitrogen and oxygen atoms in total. The normalized spacial score (nSPS) is 10.9. The molecule has 1 aromatic heterocycles. The Balaban J connectivity index is 1.63. The van der Waals surface area contributed by atoms with E-state index in [9.17, 15) is 14.4 Å². The summed E-state index contributed by atoms with van der Waals surface area (Å²) in [6.07, 6.45) is 4.80. The number of pyridine rings is 2. The van der Waals surface area contributed by atoms with E-state index in [4.69, 9.17) is 11.6 Å². The van der Waals surface area contributed by atoms with Crippen LogP contribution in [0.5, 0.6) is 0 Å². The van der Waals surface area contributed by atoms with Crippen molar-refractivity contribution in [1.82, 2.24) is 19.1 Å². The molecule has 0 unspecified atom stereocenters. The van der Waals surface area contributed by atoms with Crippen LogP contribution in [0.4, 0.5) is 5.69 Å². The Bertz CT molecular complexity index is 1350. The van der Waals surface area contributed by atoms with Crippen LogP contribution in [0.2, 0.25) is 5.02 Å². The lowest BCUT2D eigenvalue weighted by Gasteiger charge is -2.15. The van der Waals surface area contributed by atoms with Gasteiger partial charge in [0, 0.05) is 29.3 Å². The fraction of sp³-hybridized carbons (Fsp3) is 0.136. The molecule has 0 atom stereocenters. The summed E-state index contributed by atoms with van der Waals surface area (Å²) in [4.78, 5) is 46.1. The molecule has 9 heteroatoms. The molecule has 2 aromatic rings. The maximum absolute atomic E-state index is 12.9. The first kappa shape index (κ1) is 20.5. The lowest BCUT2D eigenvalue weighted by atomic mass is 10.2. The fourth-order valence-corrected chi connectivity index (χ4v) is 3.37. The second-order valence-corrected chi connectivity index (χ2v) is 7.44. The van der Waals surface area contributed by atoms with Crippen LogP contribution in [-0.4, -0.2) is 25.0 Å². The third-order valence-corrected chi connectivity index (χ3v) is 5.19. The Morgan fingerprint density at radius 3 is 2.74 bits per heavy atom. The van der Waals surface area contributed by atoms with Gasteiger partial charge in [-0.3, -0.25) is 19.1 Å². The number of aromatic nitrogens is 4. The first-order valence-corrected chi connectivity index (χ1v) is 9.85. The molecule has 2 aliphatic heterocycles. The van der Waals surface area contributed by atoms with Crippen LogP contribution in [0.1, 0.15) is 11.1 Å². The molecule has 156 valence electrons. The number of aryl methyl sites for hydroxylation is 1. The first-order valence-electron chi connectivity index (χ1n) is 9.47. The van der Waals surface area contributed by atoms with Crippen molar-refractivity contribution in [3.8, 4) is 11.4 Å². The largest absolute Gasteiger partial charge is 0.352 e. The van der Waals surface area contributed by atoms with Crippen molar-refractivity contribution in [2.24, 2.45) is 0 Å². The number of anilines is 1. The van der Waals surface area contributed by atoms with E-state index in [-0.39, 0.29) is 30.4 Å². The van der Waals surface area contributed by atoms with E-state index in [0.717, 1.165) is 10.1 Å². The Morgan fingerprint density at radius 2 is 2.00 bits per heavy atom. The van der Waals surface area contributed by atoms with Gasteiger partial charge in [-0.15, -0.1) is 0 Å². The van der Waals surface area contributed by atoms with Crippen molar-refractivity contribution in [1.29, 1.82) is 0 Å². The molecule has 1 amide bonds. The van der Waals surface area contributed by atoms with Gasteiger partial charge in [0.25, 0.3) is 5.56 Å². The predicted octanol–water partition coefficient (Wildman–Crippen LogP) is 2.55. The number of amides is 1. The lowest BCUT2D eigenvalue weighted by Crippen LogP contribution is -2.38. The number of carbonyl (C=O) groups is 1. The third kappa shape index (κ3) is 4.39. The predicted molar refractivity (Wildman–Crippen MR) is 118 cm³/mol. The molecular weight excluding hydrogens is 418 g/mol. The maximum Gasteiger partial charge on any atom is 0.352 e. The lowest BCUT2D eigenvalue weighted by molar-refractivity contribution is -0.116. The van der Waals surface area contributed by atoms with Gasteiger partial charge in [0.05, 0.1) is 12.1 Å². The fourth-order valence-electron chi connectivity index (χ4n) is 3.18. The van der Waals surface area contributed by atoms with Gasteiger partial charge in [-0.25, -0.2) is 4.79 Å². The van der Waals surface area contributed by atoms with Crippen molar-refractivity contribution in [2.75, 3.05) is 5.32 Å². The minimum absolute atomic E-state index is 0.0675. The topological polar surface area (TPSA) is 98.9 Å². The Hall–Kier alpha value is -3.78. The van der Waals surface area contributed by atoms with Crippen LogP contribution < -0.4 is 16.6 Å². The highest BCUT2D eigenvalue weighted by molar-refractivity contribution is 6.31. The molecule has 0 spiro atoms. The molecule has 0 radical (unpaired) electrons. The van der Waals surface area contributed by atoms with Gasteiger partial charge in [-0.1, -0.05) is 23.7 Å². The van der Waals surface area contributed by atoms with Crippen molar-refractivity contribution in [3.05, 3.63) is 98.0 Å². The van der Waals surface area contributed by atoms with Crippen LogP contribution in [-0.2, 0) is 17.9 Å². The average Bonchev–Trinajstić information content (AvgIpc) is 2.75. The maximum atomic E-state index is 12.9. The molecule has 0 saturated heterocycles. The smallest absolute Gasteiger partial charge is 0.324 e. The van der Waals surface area contributed by atoms with E-state index in [1.807, 2.05) is 6.92 Å². The van der Waals surface area contributed by atoms with Gasteiger partial charge >= 0.3 is 5.69 Å². The molecule has 0 aliphatic carbocycles. The van der Waals surface area contributed by atoms with Gasteiger partial charge in [-0.05, 0) is 48.4 Å². The summed E-state index contributed by atoms with van der Waals surface area (Å²) in [5, 5.41) is 3.30. The molecule has 0 fully saturated rings. The van der Waals surface area contributed by atoms with E-state index in [2.05, 4.69) is 15.3 Å². The zero-order valence-electron chi connectivity index (χ0n) is 16.6. The van der Waals surface area contributed by atoms with Gasteiger partial charge in [-0.2, -0.15) is 4.98 Å². The van der Waals surface area contributed by atoms with E-state index in [1.165, 1.54) is 4.57 Å². The third-order valence-electron chi connectivity index (χ3n) is 4.78. The molecule has 2 aliphatic rings. The zero-order chi connectivity index (χ0) is 22.0. The van der Waals surface area contributed by atoms with E-state index >= 15 is 0 Å². The number of fused-ring (bicyclic) bond motifs is 1. The highest BCUT2D eigenvalue weighted by atomic mass is 35.5. The quantitative estimate of drug-likeness (QED) is 0.519. The number of hydrogen-bond donors (Lipinski definition) is 1. The standard InChI is InChI=1S/C22H18ClN5O3/c1-14-6-7-16(10-18(14)23)25-19(29)13-27-9-3-5-17-20(27)26-22(31)28(21(17)30)12-15-4-2-8-24-11-15/h2-11H,12-13H2,1H3,(H,25,29). The summed E-state index contributed by atoms with van der Waals surface area (Å²) in [6.45, 7) is 1.81. The Labute approximate surface area is 182 Å². The number of rotatable bonds is 5. The molecule has 0 bridgehead atoms. The van der Waals surface area contributed by atoms with Crippen LogP contribution in [0.3, 0.4) is 0 Å². The minimum Gasteiger partial charge on any atom is -0.324 e. The monoisotopic (exact) mass is 435 g/mol. The van der Waals surface area contributed by atoms with E-state index in [0.29, 0.717) is 16.3 Å². The molecule has 0 saturated carbocycles. The zero-order valence-corrected chi connectivity index (χ0v) is 17.3. The van der Waals surface area contributed by atoms with Gasteiger partial charge < -0.3 is 9.88 Å². The number of hydrogen-bond acceptors (Lipinski definition) is 5. The van der Waals surface area contributed by atoms with Gasteiger partial charge in [0.2, 0.25) is 5.91 Å². The van der Waals surface area contributed by atoms with E-state index < -0.39 is 11.2 Å². The van der Waals surface area contributed by atoms with Gasteiger partial charge in [0.15, 0.2) is 5.82 Å². The number of nitrogens with zero attached hydrogens (tertiary/aromatic N) is 4. The highest BCUT2D eigenvalue weighted by Crippen LogP contribution is 2.20. The number of nitrogens with one attached hydrogen (secondary N) is 1. The number of benzene rings is 1.